The van der Waals surface area contributed by atoms with Gasteiger partial charge in [0, 0.05) is 6.42 Å². The lowest BCUT2D eigenvalue weighted by Gasteiger charge is -2.29. The maximum absolute atomic E-state index is 12.5. The van der Waals surface area contributed by atoms with Gasteiger partial charge in [0.05, 0.1) is 12.2 Å². The predicted molar refractivity (Wildman–Crippen MR) is 83.8 cm³/mol. The van der Waals surface area contributed by atoms with Gasteiger partial charge >= 0.3 is 0 Å². The fourth-order valence-electron chi connectivity index (χ4n) is 2.57. The Morgan fingerprint density at radius 2 is 1.90 bits per heavy atom. The molecule has 0 spiro atoms. The molecule has 1 amide bonds. The highest BCUT2D eigenvalue weighted by Gasteiger charge is 2.22. The molecule has 3 nitrogen and oxygen atoms in total. The Bertz CT molecular complexity index is 634. The molecular weight excluding hydrogens is 262 g/mol. The molecule has 0 aromatic heterocycles. The van der Waals surface area contributed by atoms with Gasteiger partial charge in [-0.25, -0.2) is 0 Å². The van der Waals surface area contributed by atoms with Gasteiger partial charge in [0.15, 0.2) is 0 Å². The second-order valence-corrected chi connectivity index (χ2v) is 5.35. The van der Waals surface area contributed by atoms with Crippen LogP contribution in [0.3, 0.4) is 0 Å². The minimum atomic E-state index is 0.159. The van der Waals surface area contributed by atoms with Gasteiger partial charge in [-0.3, -0.25) is 4.79 Å². The van der Waals surface area contributed by atoms with Crippen molar-refractivity contribution in [3.8, 4) is 5.75 Å². The van der Waals surface area contributed by atoms with E-state index in [9.17, 15) is 4.79 Å². The molecule has 21 heavy (non-hydrogen) atoms. The first-order valence-corrected chi connectivity index (χ1v) is 7.32. The molecule has 1 heterocycles. The van der Waals surface area contributed by atoms with Crippen LogP contribution >= 0.6 is 0 Å². The number of hydrogen-bond donors (Lipinski definition) is 0. The van der Waals surface area contributed by atoms with Gasteiger partial charge < -0.3 is 9.64 Å². The zero-order valence-electron chi connectivity index (χ0n) is 12.2. The lowest BCUT2D eigenvalue weighted by atomic mass is 10.1. The number of nitrogens with zero attached hydrogens (tertiary/aromatic N) is 1. The third kappa shape index (κ3) is 3.07. The van der Waals surface area contributed by atoms with Crippen molar-refractivity contribution in [3.63, 3.8) is 0 Å². The van der Waals surface area contributed by atoms with Crippen LogP contribution in [0.4, 0.5) is 5.69 Å². The average molecular weight is 281 g/mol. The second-order valence-electron chi connectivity index (χ2n) is 5.35. The maximum Gasteiger partial charge on any atom is 0.227 e. The number of hydrogen-bond acceptors (Lipinski definition) is 2. The molecule has 0 fully saturated rings. The summed E-state index contributed by atoms with van der Waals surface area (Å²) in [5.41, 5.74) is 3.33. The molecule has 0 bridgehead atoms. The Kier molecular flexibility index (Phi) is 3.91. The third-order valence-corrected chi connectivity index (χ3v) is 3.78. The monoisotopic (exact) mass is 281 g/mol. The quantitative estimate of drug-likeness (QED) is 0.863. The largest absolute Gasteiger partial charge is 0.490 e. The molecule has 2 aromatic carbocycles. The standard InChI is InChI=1S/C18H19NO2/c1-14-6-8-15(9-7-14)10-11-18(20)19-12-13-21-17-5-3-2-4-16(17)19/h2-9H,10-13H2,1H3. The van der Waals surface area contributed by atoms with Gasteiger partial charge in [-0.05, 0) is 31.0 Å². The summed E-state index contributed by atoms with van der Waals surface area (Å²) in [6, 6.07) is 16.1. The molecule has 0 unspecified atom stereocenters. The van der Waals surface area contributed by atoms with E-state index >= 15 is 0 Å². The molecule has 0 saturated carbocycles. The number of carbonyl (C=O) groups is 1. The molecule has 0 atom stereocenters. The summed E-state index contributed by atoms with van der Waals surface area (Å²) in [6.07, 6.45) is 1.30. The number of anilines is 1. The Labute approximate surface area is 125 Å². The third-order valence-electron chi connectivity index (χ3n) is 3.78. The smallest absolute Gasteiger partial charge is 0.227 e. The number of benzene rings is 2. The first-order chi connectivity index (χ1) is 10.2. The molecule has 2 aromatic rings. The molecule has 3 heteroatoms. The van der Waals surface area contributed by atoms with E-state index in [0.29, 0.717) is 19.6 Å². The molecule has 1 aliphatic rings. The topological polar surface area (TPSA) is 29.5 Å². The van der Waals surface area contributed by atoms with E-state index in [1.165, 1.54) is 11.1 Å². The Hall–Kier alpha value is -2.29. The van der Waals surface area contributed by atoms with Crippen molar-refractivity contribution in [3.05, 3.63) is 59.7 Å². The van der Waals surface area contributed by atoms with E-state index in [4.69, 9.17) is 4.74 Å². The number of ether oxygens (including phenoxy) is 1. The van der Waals surface area contributed by atoms with E-state index < -0.39 is 0 Å². The molecular formula is C18H19NO2. The molecule has 1 aliphatic heterocycles. The lowest BCUT2D eigenvalue weighted by molar-refractivity contribution is -0.118. The molecule has 108 valence electrons. The van der Waals surface area contributed by atoms with Crippen LogP contribution in [0.5, 0.6) is 5.75 Å². The lowest BCUT2D eigenvalue weighted by Crippen LogP contribution is -2.38. The highest BCUT2D eigenvalue weighted by atomic mass is 16.5. The molecule has 3 rings (SSSR count). The van der Waals surface area contributed by atoms with Crippen molar-refractivity contribution in [1.29, 1.82) is 0 Å². The van der Waals surface area contributed by atoms with E-state index in [-0.39, 0.29) is 5.91 Å². The number of para-hydroxylation sites is 2. The van der Waals surface area contributed by atoms with Gasteiger partial charge in [0.1, 0.15) is 12.4 Å². The Morgan fingerprint density at radius 3 is 2.71 bits per heavy atom. The Morgan fingerprint density at radius 1 is 1.14 bits per heavy atom. The fourth-order valence-corrected chi connectivity index (χ4v) is 2.57. The second kappa shape index (κ2) is 6.00. The van der Waals surface area contributed by atoms with Crippen molar-refractivity contribution < 1.29 is 9.53 Å². The minimum absolute atomic E-state index is 0.159. The van der Waals surface area contributed by atoms with Crippen LogP contribution in [-0.4, -0.2) is 19.1 Å². The van der Waals surface area contributed by atoms with Gasteiger partial charge in [0.2, 0.25) is 5.91 Å². The first kappa shape index (κ1) is 13.7. The van der Waals surface area contributed by atoms with Crippen molar-refractivity contribution >= 4 is 11.6 Å². The minimum Gasteiger partial charge on any atom is -0.490 e. The zero-order chi connectivity index (χ0) is 14.7. The summed E-state index contributed by atoms with van der Waals surface area (Å²) >= 11 is 0. The van der Waals surface area contributed by atoms with Crippen molar-refractivity contribution in [2.45, 2.75) is 19.8 Å². The highest BCUT2D eigenvalue weighted by Crippen LogP contribution is 2.31. The van der Waals surface area contributed by atoms with Gasteiger partial charge in [-0.1, -0.05) is 42.0 Å². The van der Waals surface area contributed by atoms with Crippen LogP contribution in [0.2, 0.25) is 0 Å². The normalized spacial score (nSPS) is 13.5. The van der Waals surface area contributed by atoms with Crippen LogP contribution in [0, 0.1) is 6.92 Å². The number of fused-ring (bicyclic) bond motifs is 1. The SMILES string of the molecule is Cc1ccc(CCC(=O)N2CCOc3ccccc32)cc1. The summed E-state index contributed by atoms with van der Waals surface area (Å²) in [4.78, 5) is 14.3. The number of amides is 1. The van der Waals surface area contributed by atoms with Crippen molar-refractivity contribution in [2.24, 2.45) is 0 Å². The summed E-state index contributed by atoms with van der Waals surface area (Å²) in [5, 5.41) is 0. The van der Waals surface area contributed by atoms with Crippen LogP contribution in [-0.2, 0) is 11.2 Å². The summed E-state index contributed by atoms with van der Waals surface area (Å²) in [5.74, 6) is 0.957. The summed E-state index contributed by atoms with van der Waals surface area (Å²) < 4.78 is 5.59. The van der Waals surface area contributed by atoms with E-state index in [2.05, 4.69) is 31.2 Å². The first-order valence-electron chi connectivity index (χ1n) is 7.32. The number of aryl methyl sites for hydroxylation is 2. The molecule has 0 saturated heterocycles. The zero-order valence-corrected chi connectivity index (χ0v) is 12.2. The van der Waals surface area contributed by atoms with Crippen LogP contribution in [0.15, 0.2) is 48.5 Å². The van der Waals surface area contributed by atoms with Crippen molar-refractivity contribution in [1.82, 2.24) is 0 Å². The van der Waals surface area contributed by atoms with Crippen molar-refractivity contribution in [2.75, 3.05) is 18.1 Å². The highest BCUT2D eigenvalue weighted by molar-refractivity contribution is 5.95. The molecule has 0 N–H and O–H groups in total. The summed E-state index contributed by atoms with van der Waals surface area (Å²) in [6.45, 7) is 3.26. The molecule has 0 aliphatic carbocycles. The maximum atomic E-state index is 12.5. The molecule has 0 radical (unpaired) electrons. The van der Waals surface area contributed by atoms with Gasteiger partial charge in [-0.2, -0.15) is 0 Å². The average Bonchev–Trinajstić information content (AvgIpc) is 2.53. The van der Waals surface area contributed by atoms with E-state index in [0.717, 1.165) is 17.9 Å². The van der Waals surface area contributed by atoms with Crippen LogP contribution in [0.25, 0.3) is 0 Å². The fraction of sp³-hybridized carbons (Fsp3) is 0.278. The number of carbonyl (C=O) groups excluding carboxylic acids is 1. The number of rotatable bonds is 3. The predicted octanol–water partition coefficient (Wildman–Crippen LogP) is 3.35. The van der Waals surface area contributed by atoms with E-state index in [1.807, 2.05) is 29.2 Å². The van der Waals surface area contributed by atoms with Gasteiger partial charge in [0.25, 0.3) is 0 Å². The summed E-state index contributed by atoms with van der Waals surface area (Å²) in [7, 11) is 0. The van der Waals surface area contributed by atoms with Crippen LogP contribution < -0.4 is 9.64 Å². The van der Waals surface area contributed by atoms with Crippen LogP contribution in [0.1, 0.15) is 17.5 Å². The Balaban J connectivity index is 1.68. The van der Waals surface area contributed by atoms with E-state index in [1.54, 1.807) is 0 Å². The van der Waals surface area contributed by atoms with Gasteiger partial charge in [-0.15, -0.1) is 0 Å².